The van der Waals surface area contributed by atoms with Gasteiger partial charge in [0.05, 0.1) is 0 Å². The van der Waals surface area contributed by atoms with Gasteiger partial charge in [0, 0.05) is 36.7 Å². The number of hydrogen-bond donors (Lipinski definition) is 3. The zero-order valence-corrected chi connectivity index (χ0v) is 14.9. The van der Waals surface area contributed by atoms with Gasteiger partial charge in [-0.3, -0.25) is 19.7 Å². The van der Waals surface area contributed by atoms with Gasteiger partial charge in [-0.25, -0.2) is 0 Å². The Morgan fingerprint density at radius 2 is 2.08 bits per heavy atom. The monoisotopic (exact) mass is 356 g/mol. The molecule has 3 amide bonds. The molecule has 2 aliphatic heterocycles. The zero-order chi connectivity index (χ0) is 18.5. The molecule has 0 spiro atoms. The number of nitrogens with two attached hydrogens (primary N) is 1. The summed E-state index contributed by atoms with van der Waals surface area (Å²) in [7, 11) is 0. The number of carbonyl (C=O) groups is 3. The highest BCUT2D eigenvalue weighted by molar-refractivity contribution is 6.05. The molecule has 1 aliphatic carbocycles. The molecule has 26 heavy (non-hydrogen) atoms. The summed E-state index contributed by atoms with van der Waals surface area (Å²) in [5.74, 6) is -0.778. The number of piperidine rings is 1. The second-order valence-corrected chi connectivity index (χ2v) is 7.97. The third-order valence-electron chi connectivity index (χ3n) is 5.74. The van der Waals surface area contributed by atoms with E-state index >= 15 is 0 Å². The van der Waals surface area contributed by atoms with Crippen molar-refractivity contribution < 1.29 is 14.4 Å². The molecule has 2 heterocycles. The largest absolute Gasteiger partial charge is 0.328 e. The van der Waals surface area contributed by atoms with Crippen molar-refractivity contribution in [1.29, 1.82) is 0 Å². The van der Waals surface area contributed by atoms with Gasteiger partial charge in [0.1, 0.15) is 6.04 Å². The van der Waals surface area contributed by atoms with Crippen LogP contribution >= 0.6 is 0 Å². The minimum atomic E-state index is -0.565. The van der Waals surface area contributed by atoms with Crippen LogP contribution in [0.25, 0.3) is 0 Å². The van der Waals surface area contributed by atoms with Crippen LogP contribution in [0.1, 0.15) is 54.1 Å². The summed E-state index contributed by atoms with van der Waals surface area (Å²) in [5, 5.41) is 5.85. The van der Waals surface area contributed by atoms with E-state index in [1.165, 1.54) is 0 Å². The first-order chi connectivity index (χ1) is 12.3. The van der Waals surface area contributed by atoms with E-state index in [4.69, 9.17) is 5.73 Å². The first-order valence-corrected chi connectivity index (χ1v) is 9.12. The van der Waals surface area contributed by atoms with E-state index in [0.29, 0.717) is 25.1 Å². The standard InChI is InChI=1S/C19H24N4O3/c1-19(7-13(20)8-19)21-9-11-2-3-12-10-23(18(26)14(12)6-11)15-4-5-16(24)22-17(15)25/h2-3,6,13,15,21H,4-5,7-10,20H2,1H3,(H,22,24,25). The molecule has 7 nitrogen and oxygen atoms in total. The molecule has 1 atom stereocenters. The van der Waals surface area contributed by atoms with Gasteiger partial charge in [-0.1, -0.05) is 12.1 Å². The minimum absolute atomic E-state index is 0.0706. The molecular formula is C19H24N4O3. The Labute approximate surface area is 152 Å². The van der Waals surface area contributed by atoms with Gasteiger partial charge < -0.3 is 16.0 Å². The fraction of sp³-hybridized carbons (Fsp3) is 0.526. The number of benzene rings is 1. The highest BCUT2D eigenvalue weighted by Gasteiger charge is 2.40. The van der Waals surface area contributed by atoms with E-state index in [-0.39, 0.29) is 35.7 Å². The Hall–Kier alpha value is -2.25. The van der Waals surface area contributed by atoms with Crippen molar-refractivity contribution in [2.45, 2.75) is 63.3 Å². The van der Waals surface area contributed by atoms with Crippen LogP contribution in [-0.2, 0) is 22.7 Å². The van der Waals surface area contributed by atoms with Crippen LogP contribution in [-0.4, -0.2) is 40.2 Å². The number of fused-ring (bicyclic) bond motifs is 1. The SMILES string of the molecule is CC1(NCc2ccc3c(c2)C(=O)N(C2CCC(=O)NC2=O)C3)CC(N)C1. The maximum absolute atomic E-state index is 12.8. The molecule has 3 aliphatic rings. The first kappa shape index (κ1) is 17.2. The molecule has 1 aromatic carbocycles. The summed E-state index contributed by atoms with van der Waals surface area (Å²) >= 11 is 0. The Balaban J connectivity index is 1.45. The number of nitrogens with one attached hydrogen (secondary N) is 2. The average molecular weight is 356 g/mol. The molecule has 1 saturated heterocycles. The molecule has 0 bridgehead atoms. The summed E-state index contributed by atoms with van der Waals surface area (Å²) in [5.41, 5.74) is 8.58. The van der Waals surface area contributed by atoms with E-state index < -0.39 is 6.04 Å². The lowest BCUT2D eigenvalue weighted by Gasteiger charge is -2.44. The van der Waals surface area contributed by atoms with Crippen molar-refractivity contribution in [3.05, 3.63) is 34.9 Å². The van der Waals surface area contributed by atoms with Crippen LogP contribution in [0.4, 0.5) is 0 Å². The van der Waals surface area contributed by atoms with Crippen LogP contribution in [0, 0.1) is 0 Å². The molecule has 138 valence electrons. The molecule has 7 heteroatoms. The van der Waals surface area contributed by atoms with Gasteiger partial charge in [0.15, 0.2) is 0 Å². The number of nitrogens with zero attached hydrogens (tertiary/aromatic N) is 1. The fourth-order valence-electron chi connectivity index (χ4n) is 4.27. The summed E-state index contributed by atoms with van der Waals surface area (Å²) in [6, 6.07) is 5.61. The van der Waals surface area contributed by atoms with Gasteiger partial charge in [-0.15, -0.1) is 0 Å². The van der Waals surface area contributed by atoms with Gasteiger partial charge in [-0.05, 0) is 43.4 Å². The molecule has 4 rings (SSSR count). The number of rotatable bonds is 4. The van der Waals surface area contributed by atoms with Crippen molar-refractivity contribution in [1.82, 2.24) is 15.5 Å². The van der Waals surface area contributed by atoms with Gasteiger partial charge >= 0.3 is 0 Å². The smallest absolute Gasteiger partial charge is 0.255 e. The maximum Gasteiger partial charge on any atom is 0.255 e. The molecule has 2 fully saturated rings. The number of amides is 3. The quantitative estimate of drug-likeness (QED) is 0.678. The third kappa shape index (κ3) is 3.01. The van der Waals surface area contributed by atoms with E-state index in [1.54, 1.807) is 4.90 Å². The average Bonchev–Trinajstić information content (AvgIpc) is 2.88. The summed E-state index contributed by atoms with van der Waals surface area (Å²) < 4.78 is 0. The summed E-state index contributed by atoms with van der Waals surface area (Å²) in [6.45, 7) is 3.27. The molecule has 0 radical (unpaired) electrons. The molecule has 4 N–H and O–H groups in total. The van der Waals surface area contributed by atoms with Crippen molar-refractivity contribution in [2.75, 3.05) is 0 Å². The molecule has 1 aromatic rings. The van der Waals surface area contributed by atoms with Gasteiger partial charge in [0.25, 0.3) is 5.91 Å². The van der Waals surface area contributed by atoms with Gasteiger partial charge in [0.2, 0.25) is 11.8 Å². The second kappa shape index (κ2) is 6.17. The lowest BCUT2D eigenvalue weighted by atomic mass is 9.74. The normalized spacial score (nSPS) is 30.8. The summed E-state index contributed by atoms with van der Waals surface area (Å²) in [6.07, 6.45) is 2.57. The third-order valence-corrected chi connectivity index (χ3v) is 5.74. The summed E-state index contributed by atoms with van der Waals surface area (Å²) in [4.78, 5) is 37.8. The number of hydrogen-bond acceptors (Lipinski definition) is 5. The Morgan fingerprint density at radius 3 is 2.77 bits per heavy atom. The molecule has 0 aromatic heterocycles. The van der Waals surface area contributed by atoms with Gasteiger partial charge in [-0.2, -0.15) is 0 Å². The molecule has 1 unspecified atom stereocenters. The van der Waals surface area contributed by atoms with Crippen LogP contribution < -0.4 is 16.4 Å². The highest BCUT2D eigenvalue weighted by atomic mass is 16.2. The van der Waals surface area contributed by atoms with Crippen molar-refractivity contribution in [3.63, 3.8) is 0 Å². The van der Waals surface area contributed by atoms with Crippen LogP contribution in [0.3, 0.4) is 0 Å². The van der Waals surface area contributed by atoms with Crippen LogP contribution in [0.15, 0.2) is 18.2 Å². The fourth-order valence-corrected chi connectivity index (χ4v) is 4.27. The van der Waals surface area contributed by atoms with Crippen LogP contribution in [0.5, 0.6) is 0 Å². The van der Waals surface area contributed by atoms with E-state index in [9.17, 15) is 14.4 Å². The van der Waals surface area contributed by atoms with E-state index in [0.717, 1.165) is 24.0 Å². The van der Waals surface area contributed by atoms with Crippen molar-refractivity contribution in [3.8, 4) is 0 Å². The van der Waals surface area contributed by atoms with Crippen LogP contribution in [0.2, 0.25) is 0 Å². The number of imide groups is 1. The Kier molecular flexibility index (Phi) is 4.08. The lowest BCUT2D eigenvalue weighted by Crippen LogP contribution is -2.57. The lowest BCUT2D eigenvalue weighted by molar-refractivity contribution is -0.136. The molecule has 1 saturated carbocycles. The first-order valence-electron chi connectivity index (χ1n) is 9.12. The molecular weight excluding hydrogens is 332 g/mol. The Bertz CT molecular complexity index is 785. The topological polar surface area (TPSA) is 105 Å². The highest BCUT2D eigenvalue weighted by Crippen LogP contribution is 2.31. The van der Waals surface area contributed by atoms with Crippen molar-refractivity contribution >= 4 is 17.7 Å². The predicted octanol–water partition coefficient (Wildman–Crippen LogP) is 0.417. The van der Waals surface area contributed by atoms with E-state index in [1.807, 2.05) is 18.2 Å². The van der Waals surface area contributed by atoms with E-state index in [2.05, 4.69) is 17.6 Å². The predicted molar refractivity (Wildman–Crippen MR) is 94.9 cm³/mol. The second-order valence-electron chi connectivity index (χ2n) is 7.97. The zero-order valence-electron chi connectivity index (χ0n) is 14.9. The maximum atomic E-state index is 12.8. The Morgan fingerprint density at radius 1 is 1.31 bits per heavy atom. The van der Waals surface area contributed by atoms with Crippen molar-refractivity contribution in [2.24, 2.45) is 5.73 Å². The number of carbonyl (C=O) groups excluding carboxylic acids is 3. The minimum Gasteiger partial charge on any atom is -0.328 e.